The number of anilines is 1. The number of hydrogen-bond donors (Lipinski definition) is 1. The highest BCUT2D eigenvalue weighted by atomic mass is 19.1. The summed E-state index contributed by atoms with van der Waals surface area (Å²) in [5.74, 6) is -1.14. The third-order valence-corrected chi connectivity index (χ3v) is 3.26. The zero-order valence-electron chi connectivity index (χ0n) is 11.1. The van der Waals surface area contributed by atoms with Crippen LogP contribution in [0.4, 0.5) is 14.5 Å². The fourth-order valence-electron chi connectivity index (χ4n) is 2.12. The highest BCUT2D eigenvalue weighted by molar-refractivity contribution is 5.64. The molecular formula is C16H13F2N3. The lowest BCUT2D eigenvalue weighted by Crippen LogP contribution is -2.04. The molecule has 0 bridgehead atoms. The number of aromatic nitrogens is 2. The predicted molar refractivity (Wildman–Crippen MR) is 77.5 cm³/mol. The first-order valence-electron chi connectivity index (χ1n) is 6.45. The van der Waals surface area contributed by atoms with Crippen molar-refractivity contribution in [2.45, 2.75) is 6.54 Å². The van der Waals surface area contributed by atoms with Crippen LogP contribution in [-0.2, 0) is 6.54 Å². The van der Waals surface area contributed by atoms with Gasteiger partial charge in [-0.1, -0.05) is 18.2 Å². The Balaban J connectivity index is 1.87. The van der Waals surface area contributed by atoms with Gasteiger partial charge < -0.3 is 5.73 Å². The van der Waals surface area contributed by atoms with Gasteiger partial charge in [-0.05, 0) is 29.8 Å². The Labute approximate surface area is 120 Å². The average Bonchev–Trinajstić information content (AvgIpc) is 2.92. The molecule has 0 aliphatic carbocycles. The molecule has 0 spiro atoms. The number of nitrogens with zero attached hydrogens (tertiary/aromatic N) is 2. The minimum atomic E-state index is -0.570. The van der Waals surface area contributed by atoms with Crippen LogP contribution in [0.15, 0.2) is 54.9 Å². The second-order valence-corrected chi connectivity index (χ2v) is 4.75. The van der Waals surface area contributed by atoms with Crippen molar-refractivity contribution in [3.63, 3.8) is 0 Å². The van der Waals surface area contributed by atoms with Crippen LogP contribution in [0.25, 0.3) is 11.1 Å². The van der Waals surface area contributed by atoms with Gasteiger partial charge in [0.25, 0.3) is 0 Å². The first-order chi connectivity index (χ1) is 10.1. The molecule has 1 aromatic heterocycles. The van der Waals surface area contributed by atoms with Crippen LogP contribution in [0.2, 0.25) is 0 Å². The van der Waals surface area contributed by atoms with Gasteiger partial charge in [-0.15, -0.1) is 0 Å². The zero-order chi connectivity index (χ0) is 14.8. The van der Waals surface area contributed by atoms with E-state index in [1.807, 2.05) is 12.1 Å². The van der Waals surface area contributed by atoms with Crippen molar-refractivity contribution in [2.24, 2.45) is 0 Å². The van der Waals surface area contributed by atoms with Gasteiger partial charge in [-0.3, -0.25) is 4.68 Å². The number of benzene rings is 2. The Bertz CT molecular complexity index is 743. The number of hydrogen-bond acceptors (Lipinski definition) is 2. The summed E-state index contributed by atoms with van der Waals surface area (Å²) in [6, 6.07) is 11.2. The smallest absolute Gasteiger partial charge is 0.131 e. The molecule has 0 unspecified atom stereocenters. The van der Waals surface area contributed by atoms with E-state index < -0.39 is 11.6 Å². The van der Waals surface area contributed by atoms with Gasteiger partial charge in [0.15, 0.2) is 0 Å². The molecule has 2 aromatic carbocycles. The quantitative estimate of drug-likeness (QED) is 0.749. The summed E-state index contributed by atoms with van der Waals surface area (Å²) in [6.45, 7) is 0.0491. The highest BCUT2D eigenvalue weighted by Crippen LogP contribution is 2.21. The molecule has 106 valence electrons. The molecule has 0 atom stereocenters. The van der Waals surface area contributed by atoms with Crippen molar-refractivity contribution in [3.8, 4) is 11.1 Å². The molecule has 0 aliphatic rings. The third kappa shape index (κ3) is 2.76. The Kier molecular flexibility index (Phi) is 3.39. The lowest BCUT2D eigenvalue weighted by atomic mass is 10.1. The van der Waals surface area contributed by atoms with Crippen LogP contribution >= 0.6 is 0 Å². The summed E-state index contributed by atoms with van der Waals surface area (Å²) >= 11 is 0. The summed E-state index contributed by atoms with van der Waals surface area (Å²) in [7, 11) is 0. The van der Waals surface area contributed by atoms with Gasteiger partial charge in [0.05, 0.1) is 12.7 Å². The van der Waals surface area contributed by atoms with Gasteiger partial charge >= 0.3 is 0 Å². The normalized spacial score (nSPS) is 10.8. The molecule has 5 heteroatoms. The molecule has 0 saturated carbocycles. The van der Waals surface area contributed by atoms with Crippen molar-refractivity contribution < 1.29 is 8.78 Å². The standard InChI is InChI=1S/C16H13F2N3/c17-15-2-1-3-16(18)14(15)10-21-9-12(8-20-21)11-4-6-13(19)7-5-11/h1-9H,10,19H2. The number of halogens is 2. The van der Waals surface area contributed by atoms with Gasteiger partial charge in [0.2, 0.25) is 0 Å². The molecule has 3 rings (SSSR count). The van der Waals surface area contributed by atoms with Crippen molar-refractivity contribution in [1.82, 2.24) is 9.78 Å². The topological polar surface area (TPSA) is 43.8 Å². The van der Waals surface area contributed by atoms with Crippen LogP contribution < -0.4 is 5.73 Å². The third-order valence-electron chi connectivity index (χ3n) is 3.26. The summed E-state index contributed by atoms with van der Waals surface area (Å²) in [5, 5.41) is 4.14. The van der Waals surface area contributed by atoms with Gasteiger partial charge in [0, 0.05) is 23.0 Å². The maximum absolute atomic E-state index is 13.6. The Morgan fingerprint density at radius 1 is 0.952 bits per heavy atom. The minimum Gasteiger partial charge on any atom is -0.399 e. The van der Waals surface area contributed by atoms with E-state index in [0.717, 1.165) is 11.1 Å². The minimum absolute atomic E-state index is 0.00413. The van der Waals surface area contributed by atoms with E-state index in [0.29, 0.717) is 5.69 Å². The molecule has 1 heterocycles. The van der Waals surface area contributed by atoms with Crippen LogP contribution in [0.5, 0.6) is 0 Å². The Morgan fingerprint density at radius 3 is 2.29 bits per heavy atom. The summed E-state index contributed by atoms with van der Waals surface area (Å²) in [4.78, 5) is 0. The summed E-state index contributed by atoms with van der Waals surface area (Å²) in [6.07, 6.45) is 3.40. The second kappa shape index (κ2) is 5.36. The second-order valence-electron chi connectivity index (χ2n) is 4.75. The molecule has 21 heavy (non-hydrogen) atoms. The predicted octanol–water partition coefficient (Wildman–Crippen LogP) is 3.46. The highest BCUT2D eigenvalue weighted by Gasteiger charge is 2.10. The molecule has 0 radical (unpaired) electrons. The molecule has 3 aromatic rings. The molecule has 0 fully saturated rings. The summed E-state index contributed by atoms with van der Waals surface area (Å²) in [5.41, 5.74) is 8.14. The number of rotatable bonds is 3. The fourth-order valence-corrected chi connectivity index (χ4v) is 2.12. The van der Waals surface area contributed by atoms with Gasteiger partial charge in [0.1, 0.15) is 11.6 Å². The van der Waals surface area contributed by atoms with Crippen molar-refractivity contribution >= 4 is 5.69 Å². The molecule has 2 N–H and O–H groups in total. The molecule has 0 aliphatic heterocycles. The van der Waals surface area contributed by atoms with Crippen LogP contribution in [0, 0.1) is 11.6 Å². The van der Waals surface area contributed by atoms with Crippen molar-refractivity contribution in [3.05, 3.63) is 72.1 Å². The van der Waals surface area contributed by atoms with Crippen molar-refractivity contribution in [1.29, 1.82) is 0 Å². The number of nitrogens with two attached hydrogens (primary N) is 1. The lowest BCUT2D eigenvalue weighted by molar-refractivity contribution is 0.533. The Hall–Kier alpha value is -2.69. The lowest BCUT2D eigenvalue weighted by Gasteiger charge is -2.04. The van der Waals surface area contributed by atoms with E-state index in [9.17, 15) is 8.78 Å². The number of nitrogen functional groups attached to an aromatic ring is 1. The van der Waals surface area contributed by atoms with Crippen LogP contribution in [0.1, 0.15) is 5.56 Å². The van der Waals surface area contributed by atoms with E-state index in [1.165, 1.54) is 22.9 Å². The first-order valence-corrected chi connectivity index (χ1v) is 6.45. The fraction of sp³-hybridized carbons (Fsp3) is 0.0625. The van der Waals surface area contributed by atoms with E-state index >= 15 is 0 Å². The monoisotopic (exact) mass is 285 g/mol. The molecule has 0 saturated heterocycles. The molecule has 0 amide bonds. The average molecular weight is 285 g/mol. The SMILES string of the molecule is Nc1ccc(-c2cnn(Cc3c(F)cccc3F)c2)cc1. The van der Waals surface area contributed by atoms with Crippen LogP contribution in [0.3, 0.4) is 0 Å². The van der Waals surface area contributed by atoms with E-state index in [-0.39, 0.29) is 12.1 Å². The van der Waals surface area contributed by atoms with E-state index in [1.54, 1.807) is 24.5 Å². The Morgan fingerprint density at radius 2 is 1.62 bits per heavy atom. The van der Waals surface area contributed by atoms with Crippen LogP contribution in [-0.4, -0.2) is 9.78 Å². The first kappa shape index (κ1) is 13.3. The van der Waals surface area contributed by atoms with Gasteiger partial charge in [-0.2, -0.15) is 5.10 Å². The van der Waals surface area contributed by atoms with E-state index in [2.05, 4.69) is 5.10 Å². The van der Waals surface area contributed by atoms with Gasteiger partial charge in [-0.25, -0.2) is 8.78 Å². The molecular weight excluding hydrogens is 272 g/mol. The zero-order valence-corrected chi connectivity index (χ0v) is 11.1. The van der Waals surface area contributed by atoms with Crippen molar-refractivity contribution in [2.75, 3.05) is 5.73 Å². The molecule has 3 nitrogen and oxygen atoms in total. The largest absolute Gasteiger partial charge is 0.399 e. The summed E-state index contributed by atoms with van der Waals surface area (Å²) < 4.78 is 28.7. The maximum atomic E-state index is 13.6. The maximum Gasteiger partial charge on any atom is 0.131 e. The van der Waals surface area contributed by atoms with E-state index in [4.69, 9.17) is 5.73 Å².